The summed E-state index contributed by atoms with van der Waals surface area (Å²) in [5, 5.41) is 4.18. The smallest absolute Gasteiger partial charge is 0.232 e. The Morgan fingerprint density at radius 1 is 0.826 bits per heavy atom. The Balaban J connectivity index is 1.70. The summed E-state index contributed by atoms with van der Waals surface area (Å²) in [6.45, 7) is 4.29. The second kappa shape index (κ2) is 5.09. The molecule has 0 aliphatic rings. The Kier molecular flexibility index (Phi) is 3.05. The Hall–Kier alpha value is -2.88. The van der Waals surface area contributed by atoms with Crippen molar-refractivity contribution in [3.05, 3.63) is 66.1 Å². The molecule has 4 rings (SSSR count). The second-order valence-corrected chi connectivity index (χ2v) is 5.96. The molecule has 0 aliphatic carbocycles. The van der Waals surface area contributed by atoms with Crippen molar-refractivity contribution in [1.29, 1.82) is 0 Å². The number of aromatic nitrogens is 4. The fourth-order valence-electron chi connectivity index (χ4n) is 2.79. The molecule has 0 N–H and O–H groups in total. The van der Waals surface area contributed by atoms with E-state index in [9.17, 15) is 0 Å². The molecular weight excluding hydrogens is 284 g/mol. The van der Waals surface area contributed by atoms with Crippen LogP contribution in [0, 0.1) is 13.8 Å². The van der Waals surface area contributed by atoms with E-state index in [4.69, 9.17) is 0 Å². The van der Waals surface area contributed by atoms with E-state index in [0.717, 1.165) is 17.0 Å². The van der Waals surface area contributed by atoms with Gasteiger partial charge in [0.2, 0.25) is 5.78 Å². The number of hydrogen-bond acceptors (Lipinski definition) is 2. The molecule has 0 unspecified atom stereocenters. The fraction of sp³-hybridized carbons (Fsp3) is 0.158. The van der Waals surface area contributed by atoms with Crippen LogP contribution in [0.3, 0.4) is 0 Å². The number of imidazole rings is 1. The molecular formula is C19H18N4. The first-order valence-corrected chi connectivity index (χ1v) is 7.66. The molecule has 0 radical (unpaired) electrons. The number of nitrogens with zero attached hydrogens (tertiary/aromatic N) is 4. The van der Waals surface area contributed by atoms with Crippen molar-refractivity contribution in [2.75, 3.05) is 0 Å². The highest BCUT2D eigenvalue weighted by Crippen LogP contribution is 2.26. The van der Waals surface area contributed by atoms with Gasteiger partial charge >= 0.3 is 0 Å². The average Bonchev–Trinajstić information content (AvgIpc) is 3.13. The van der Waals surface area contributed by atoms with Crippen LogP contribution in [0.1, 0.15) is 11.1 Å². The lowest BCUT2D eigenvalue weighted by Crippen LogP contribution is -1.90. The van der Waals surface area contributed by atoms with Crippen LogP contribution in [0.25, 0.3) is 28.2 Å². The van der Waals surface area contributed by atoms with E-state index >= 15 is 0 Å². The summed E-state index contributed by atoms with van der Waals surface area (Å²) in [7, 11) is 1.90. The first-order chi connectivity index (χ1) is 11.1. The molecule has 2 aromatic heterocycles. The van der Waals surface area contributed by atoms with Crippen molar-refractivity contribution in [3.8, 4) is 22.4 Å². The van der Waals surface area contributed by atoms with Gasteiger partial charge in [0.25, 0.3) is 0 Å². The average molecular weight is 302 g/mol. The molecule has 0 aliphatic heterocycles. The van der Waals surface area contributed by atoms with Gasteiger partial charge in [-0.1, -0.05) is 42.5 Å². The Bertz CT molecular complexity index is 990. The minimum absolute atomic E-state index is 0.846. The lowest BCUT2D eigenvalue weighted by atomic mass is 9.99. The monoisotopic (exact) mass is 302 g/mol. The lowest BCUT2D eigenvalue weighted by Gasteiger charge is -2.06. The Labute approximate surface area is 135 Å². The minimum Gasteiger partial charge on any atom is -0.272 e. The van der Waals surface area contributed by atoms with Crippen molar-refractivity contribution in [1.82, 2.24) is 19.2 Å². The van der Waals surface area contributed by atoms with Gasteiger partial charge in [0.1, 0.15) is 6.33 Å². The molecule has 0 amide bonds. The predicted octanol–water partition coefficient (Wildman–Crippen LogP) is 4.02. The molecule has 4 heteroatoms. The molecule has 0 atom stereocenters. The quantitative estimate of drug-likeness (QED) is 0.560. The van der Waals surface area contributed by atoms with Crippen LogP contribution in [0.4, 0.5) is 0 Å². The molecule has 0 bridgehead atoms. The van der Waals surface area contributed by atoms with E-state index < -0.39 is 0 Å². The second-order valence-electron chi connectivity index (χ2n) is 5.96. The molecule has 2 aromatic carbocycles. The minimum atomic E-state index is 0.846. The summed E-state index contributed by atoms with van der Waals surface area (Å²) in [5.41, 5.74) is 7.19. The maximum absolute atomic E-state index is 4.63. The van der Waals surface area contributed by atoms with Crippen LogP contribution in [0.5, 0.6) is 0 Å². The first kappa shape index (κ1) is 13.8. The third-order valence-corrected chi connectivity index (χ3v) is 4.37. The number of fused-ring (bicyclic) bond motifs is 1. The molecule has 4 aromatic rings. The number of rotatable bonds is 2. The summed E-state index contributed by atoms with van der Waals surface area (Å²) < 4.78 is 3.71. The van der Waals surface area contributed by atoms with Crippen LogP contribution in [-0.4, -0.2) is 19.2 Å². The van der Waals surface area contributed by atoms with Gasteiger partial charge in [0, 0.05) is 18.8 Å². The predicted molar refractivity (Wildman–Crippen MR) is 92.3 cm³/mol. The van der Waals surface area contributed by atoms with Crippen molar-refractivity contribution in [2.45, 2.75) is 13.8 Å². The zero-order chi connectivity index (χ0) is 16.0. The van der Waals surface area contributed by atoms with Crippen LogP contribution >= 0.6 is 0 Å². The largest absolute Gasteiger partial charge is 0.272 e. The van der Waals surface area contributed by atoms with Gasteiger partial charge in [-0.15, -0.1) is 0 Å². The zero-order valence-electron chi connectivity index (χ0n) is 13.5. The van der Waals surface area contributed by atoms with E-state index in [0.29, 0.717) is 0 Å². The molecule has 23 heavy (non-hydrogen) atoms. The van der Waals surface area contributed by atoms with Gasteiger partial charge in [-0.2, -0.15) is 5.10 Å². The summed E-state index contributed by atoms with van der Waals surface area (Å²) >= 11 is 0. The maximum atomic E-state index is 4.63. The van der Waals surface area contributed by atoms with Gasteiger partial charge in [-0.05, 0) is 36.1 Å². The van der Waals surface area contributed by atoms with Gasteiger partial charge in [-0.25, -0.2) is 9.67 Å². The van der Waals surface area contributed by atoms with Gasteiger partial charge in [0.15, 0.2) is 0 Å². The maximum Gasteiger partial charge on any atom is 0.232 e. The third kappa shape index (κ3) is 2.32. The first-order valence-electron chi connectivity index (χ1n) is 7.66. The van der Waals surface area contributed by atoms with E-state index in [2.05, 4.69) is 66.4 Å². The van der Waals surface area contributed by atoms with Gasteiger partial charge in [-0.3, -0.25) is 4.40 Å². The molecule has 0 fully saturated rings. The van der Waals surface area contributed by atoms with E-state index in [-0.39, 0.29) is 0 Å². The third-order valence-electron chi connectivity index (χ3n) is 4.37. The summed E-state index contributed by atoms with van der Waals surface area (Å²) in [6.07, 6.45) is 3.78. The van der Waals surface area contributed by atoms with E-state index in [1.165, 1.54) is 22.3 Å². The highest BCUT2D eigenvalue weighted by atomic mass is 15.4. The Morgan fingerprint density at radius 2 is 1.52 bits per heavy atom. The van der Waals surface area contributed by atoms with E-state index in [1.807, 2.05) is 17.6 Å². The van der Waals surface area contributed by atoms with Crippen molar-refractivity contribution >= 4 is 5.78 Å². The lowest BCUT2D eigenvalue weighted by molar-refractivity contribution is 0.787. The van der Waals surface area contributed by atoms with Gasteiger partial charge in [0.05, 0.1) is 5.69 Å². The topological polar surface area (TPSA) is 35.1 Å². The molecule has 2 heterocycles. The highest BCUT2D eigenvalue weighted by Gasteiger charge is 2.08. The van der Waals surface area contributed by atoms with Crippen molar-refractivity contribution in [2.24, 2.45) is 7.05 Å². The summed E-state index contributed by atoms with van der Waals surface area (Å²) in [6, 6.07) is 15.1. The SMILES string of the molecule is Cc1ccc(-c2ccc(-c3cn4cnn(C)c4n3)cc2)cc1C. The molecule has 114 valence electrons. The van der Waals surface area contributed by atoms with Crippen LogP contribution in [0.2, 0.25) is 0 Å². The van der Waals surface area contributed by atoms with Crippen LogP contribution < -0.4 is 0 Å². The zero-order valence-corrected chi connectivity index (χ0v) is 13.5. The molecule has 0 saturated carbocycles. The summed E-state index contributed by atoms with van der Waals surface area (Å²) in [5.74, 6) is 0.846. The molecule has 4 nitrogen and oxygen atoms in total. The normalized spacial score (nSPS) is 11.3. The number of aryl methyl sites for hydroxylation is 3. The van der Waals surface area contributed by atoms with Gasteiger partial charge < -0.3 is 0 Å². The van der Waals surface area contributed by atoms with E-state index in [1.54, 1.807) is 11.0 Å². The number of benzene rings is 2. The highest BCUT2D eigenvalue weighted by molar-refractivity contribution is 5.70. The molecule has 0 saturated heterocycles. The van der Waals surface area contributed by atoms with Crippen LogP contribution in [0.15, 0.2) is 55.0 Å². The fourth-order valence-corrected chi connectivity index (χ4v) is 2.79. The van der Waals surface area contributed by atoms with Crippen molar-refractivity contribution in [3.63, 3.8) is 0 Å². The number of hydrogen-bond donors (Lipinski definition) is 0. The van der Waals surface area contributed by atoms with Crippen molar-refractivity contribution < 1.29 is 0 Å². The molecule has 0 spiro atoms. The standard InChI is InChI=1S/C19H18N4/c1-13-4-5-17(10-14(13)2)15-6-8-16(9-7-15)18-11-23-12-20-22(3)19(23)21-18/h4-12H,1-3H3. The van der Waals surface area contributed by atoms with Crippen LogP contribution in [-0.2, 0) is 7.05 Å². The Morgan fingerprint density at radius 3 is 2.22 bits per heavy atom. The summed E-state index contributed by atoms with van der Waals surface area (Å²) in [4.78, 5) is 4.63.